The maximum Gasteiger partial charge on any atom is 0.192 e. The third-order valence-corrected chi connectivity index (χ3v) is 4.30. The Kier molecular flexibility index (Phi) is 3.68. The highest BCUT2D eigenvalue weighted by atomic mass is 79.9. The number of H-pyrrole nitrogens is 1. The number of aromatic amines is 1. The van der Waals surface area contributed by atoms with Crippen molar-refractivity contribution in [3.05, 3.63) is 68.3 Å². The molecule has 0 atom stereocenters. The first kappa shape index (κ1) is 14.1. The van der Waals surface area contributed by atoms with Gasteiger partial charge in [-0.1, -0.05) is 53.2 Å². The van der Waals surface area contributed by atoms with E-state index in [-0.39, 0.29) is 5.43 Å². The Morgan fingerprint density at radius 1 is 1.14 bits per heavy atom. The molecule has 0 aliphatic rings. The number of aryl methyl sites for hydroxylation is 1. The minimum absolute atomic E-state index is 0.0959. The quantitative estimate of drug-likeness (QED) is 0.711. The molecule has 0 saturated heterocycles. The predicted octanol–water partition coefficient (Wildman–Crippen LogP) is 4.83. The molecule has 0 saturated carbocycles. The van der Waals surface area contributed by atoms with E-state index in [2.05, 4.69) is 33.9 Å². The zero-order valence-electron chi connectivity index (χ0n) is 12.0. The molecule has 21 heavy (non-hydrogen) atoms. The summed E-state index contributed by atoms with van der Waals surface area (Å²) in [5.41, 5.74) is 4.89. The SMILES string of the molecule is CCc1cc(Br)cc2c(=O)c(C)c(-c3ccccc3)[nH]c12. The molecule has 1 aromatic heterocycles. The molecule has 3 aromatic rings. The first-order chi connectivity index (χ1) is 10.1. The first-order valence-electron chi connectivity index (χ1n) is 7.02. The van der Waals surface area contributed by atoms with Crippen molar-refractivity contribution in [1.82, 2.24) is 4.98 Å². The normalized spacial score (nSPS) is 11.0. The fourth-order valence-electron chi connectivity index (χ4n) is 2.70. The standard InChI is InChI=1S/C18H16BrNO/c1-3-12-9-14(19)10-15-17(12)20-16(11(2)18(15)21)13-7-5-4-6-8-13/h4-10H,3H2,1-2H3,(H,20,21). The zero-order chi connectivity index (χ0) is 15.0. The number of aromatic nitrogens is 1. The molecule has 0 fully saturated rings. The molecule has 0 radical (unpaired) electrons. The van der Waals surface area contributed by atoms with Crippen LogP contribution in [0.15, 0.2) is 51.7 Å². The first-order valence-corrected chi connectivity index (χ1v) is 7.81. The van der Waals surface area contributed by atoms with Gasteiger partial charge in [0.05, 0.1) is 11.2 Å². The number of hydrogen-bond acceptors (Lipinski definition) is 1. The van der Waals surface area contributed by atoms with Gasteiger partial charge in [0.2, 0.25) is 0 Å². The summed E-state index contributed by atoms with van der Waals surface area (Å²) in [5.74, 6) is 0. The fourth-order valence-corrected chi connectivity index (χ4v) is 3.20. The predicted molar refractivity (Wildman–Crippen MR) is 91.8 cm³/mol. The number of hydrogen-bond donors (Lipinski definition) is 1. The van der Waals surface area contributed by atoms with Crippen LogP contribution in [0.25, 0.3) is 22.2 Å². The van der Waals surface area contributed by atoms with Crippen LogP contribution in [-0.4, -0.2) is 4.98 Å². The van der Waals surface area contributed by atoms with Crippen LogP contribution < -0.4 is 5.43 Å². The van der Waals surface area contributed by atoms with Gasteiger partial charge < -0.3 is 4.98 Å². The van der Waals surface area contributed by atoms with Crippen LogP contribution in [0.1, 0.15) is 18.1 Å². The minimum Gasteiger partial charge on any atom is -0.354 e. The Morgan fingerprint density at radius 3 is 2.52 bits per heavy atom. The Hall–Kier alpha value is -1.87. The van der Waals surface area contributed by atoms with Crippen molar-refractivity contribution in [1.29, 1.82) is 0 Å². The van der Waals surface area contributed by atoms with E-state index < -0.39 is 0 Å². The molecule has 0 bridgehead atoms. The Labute approximate surface area is 132 Å². The summed E-state index contributed by atoms with van der Waals surface area (Å²) in [6.45, 7) is 3.98. The minimum atomic E-state index is 0.0959. The highest BCUT2D eigenvalue weighted by Crippen LogP contribution is 2.26. The smallest absolute Gasteiger partial charge is 0.192 e. The second-order valence-electron chi connectivity index (χ2n) is 5.16. The van der Waals surface area contributed by atoms with Gasteiger partial charge in [0.25, 0.3) is 0 Å². The van der Waals surface area contributed by atoms with Gasteiger partial charge in [-0.25, -0.2) is 0 Å². The molecular formula is C18H16BrNO. The van der Waals surface area contributed by atoms with Crippen molar-refractivity contribution in [2.75, 3.05) is 0 Å². The zero-order valence-corrected chi connectivity index (χ0v) is 13.6. The lowest BCUT2D eigenvalue weighted by molar-refractivity contribution is 1.14. The lowest BCUT2D eigenvalue weighted by Gasteiger charge is -2.12. The van der Waals surface area contributed by atoms with E-state index in [9.17, 15) is 4.79 Å². The molecule has 0 aliphatic carbocycles. The van der Waals surface area contributed by atoms with Gasteiger partial charge in [-0.2, -0.15) is 0 Å². The monoisotopic (exact) mass is 341 g/mol. The largest absolute Gasteiger partial charge is 0.354 e. The number of fused-ring (bicyclic) bond motifs is 1. The van der Waals surface area contributed by atoms with E-state index in [0.29, 0.717) is 0 Å². The highest BCUT2D eigenvalue weighted by molar-refractivity contribution is 9.10. The van der Waals surface area contributed by atoms with Crippen molar-refractivity contribution in [2.45, 2.75) is 20.3 Å². The van der Waals surface area contributed by atoms with E-state index in [1.54, 1.807) is 0 Å². The molecule has 1 N–H and O–H groups in total. The summed E-state index contributed by atoms with van der Waals surface area (Å²) in [7, 11) is 0. The van der Waals surface area contributed by atoms with E-state index >= 15 is 0 Å². The summed E-state index contributed by atoms with van der Waals surface area (Å²) in [6.07, 6.45) is 0.878. The average molecular weight is 342 g/mol. The molecular weight excluding hydrogens is 326 g/mol. The third kappa shape index (κ3) is 2.42. The van der Waals surface area contributed by atoms with Crippen LogP contribution in [0.4, 0.5) is 0 Å². The van der Waals surface area contributed by atoms with Crippen molar-refractivity contribution in [2.24, 2.45) is 0 Å². The fraction of sp³-hybridized carbons (Fsp3) is 0.167. The van der Waals surface area contributed by atoms with Crippen LogP contribution in [0.3, 0.4) is 0 Å². The number of nitrogens with one attached hydrogen (secondary N) is 1. The van der Waals surface area contributed by atoms with Gasteiger partial charge in [0.15, 0.2) is 5.43 Å². The molecule has 106 valence electrons. The summed E-state index contributed by atoms with van der Waals surface area (Å²) < 4.78 is 0.948. The van der Waals surface area contributed by atoms with Crippen LogP contribution in [0.5, 0.6) is 0 Å². The van der Waals surface area contributed by atoms with Crippen LogP contribution in [0, 0.1) is 6.92 Å². The number of rotatable bonds is 2. The van der Waals surface area contributed by atoms with Gasteiger partial charge in [-0.05, 0) is 36.6 Å². The highest BCUT2D eigenvalue weighted by Gasteiger charge is 2.12. The number of benzene rings is 2. The third-order valence-electron chi connectivity index (χ3n) is 3.84. The number of pyridine rings is 1. The van der Waals surface area contributed by atoms with Crippen molar-refractivity contribution < 1.29 is 0 Å². The molecule has 3 rings (SSSR count). The van der Waals surface area contributed by atoms with Crippen LogP contribution in [-0.2, 0) is 6.42 Å². The summed E-state index contributed by atoms with van der Waals surface area (Å²) in [5, 5.41) is 0.749. The second kappa shape index (κ2) is 5.49. The average Bonchev–Trinajstić information content (AvgIpc) is 2.51. The molecule has 2 nitrogen and oxygen atoms in total. The van der Waals surface area contributed by atoms with Gasteiger partial charge in [0, 0.05) is 15.4 Å². The Balaban J connectivity index is 2.42. The molecule has 0 spiro atoms. The van der Waals surface area contributed by atoms with Crippen molar-refractivity contribution in [3.8, 4) is 11.3 Å². The van der Waals surface area contributed by atoms with E-state index in [1.165, 1.54) is 0 Å². The molecule has 1 heterocycles. The topological polar surface area (TPSA) is 32.9 Å². The van der Waals surface area contributed by atoms with E-state index in [0.717, 1.165) is 44.2 Å². The van der Waals surface area contributed by atoms with Gasteiger partial charge in [-0.3, -0.25) is 4.79 Å². The maximum absolute atomic E-state index is 12.7. The van der Waals surface area contributed by atoms with Gasteiger partial charge in [0.1, 0.15) is 0 Å². The molecule has 0 unspecified atom stereocenters. The lowest BCUT2D eigenvalue weighted by atomic mass is 10.0. The molecule has 0 amide bonds. The summed E-state index contributed by atoms with van der Waals surface area (Å²) in [4.78, 5) is 16.2. The van der Waals surface area contributed by atoms with E-state index in [4.69, 9.17) is 0 Å². The maximum atomic E-state index is 12.7. The molecule has 3 heteroatoms. The number of halogens is 1. The second-order valence-corrected chi connectivity index (χ2v) is 6.08. The molecule has 0 aliphatic heterocycles. The Morgan fingerprint density at radius 2 is 1.86 bits per heavy atom. The van der Waals surface area contributed by atoms with E-state index in [1.807, 2.05) is 43.3 Å². The lowest BCUT2D eigenvalue weighted by Crippen LogP contribution is -2.10. The Bertz CT molecular complexity index is 866. The van der Waals surface area contributed by atoms with Gasteiger partial charge in [-0.15, -0.1) is 0 Å². The van der Waals surface area contributed by atoms with Gasteiger partial charge >= 0.3 is 0 Å². The van der Waals surface area contributed by atoms with Crippen LogP contribution in [0.2, 0.25) is 0 Å². The van der Waals surface area contributed by atoms with Crippen LogP contribution >= 0.6 is 15.9 Å². The molecule has 2 aromatic carbocycles. The van der Waals surface area contributed by atoms with Crippen molar-refractivity contribution in [3.63, 3.8) is 0 Å². The van der Waals surface area contributed by atoms with Crippen molar-refractivity contribution >= 4 is 26.8 Å². The summed E-state index contributed by atoms with van der Waals surface area (Å²) in [6, 6.07) is 14.0. The summed E-state index contributed by atoms with van der Waals surface area (Å²) >= 11 is 3.49.